The average molecular weight is 371 g/mol. The van der Waals surface area contributed by atoms with Crippen molar-refractivity contribution in [2.45, 2.75) is 13.3 Å². The summed E-state index contributed by atoms with van der Waals surface area (Å²) in [6.07, 6.45) is -0.116. The number of hydrogen-bond donors (Lipinski definition) is 0. The van der Waals surface area contributed by atoms with Crippen LogP contribution >= 0.6 is 11.3 Å². The van der Waals surface area contributed by atoms with Crippen molar-refractivity contribution >= 4 is 28.0 Å². The number of benzene rings is 1. The Morgan fingerprint density at radius 1 is 1.23 bits per heavy atom. The Balaban J connectivity index is 1.57. The lowest BCUT2D eigenvalue weighted by Gasteiger charge is -2.25. The molecule has 0 bridgehead atoms. The summed E-state index contributed by atoms with van der Waals surface area (Å²) in [5.74, 6) is -0.529. The molecule has 0 radical (unpaired) electrons. The summed E-state index contributed by atoms with van der Waals surface area (Å²) in [4.78, 5) is 14.1. The van der Waals surface area contributed by atoms with Gasteiger partial charge in [0.2, 0.25) is 0 Å². The van der Waals surface area contributed by atoms with E-state index < -0.39 is 12.3 Å². The molecule has 1 fully saturated rings. The number of hydrogen-bond acceptors (Lipinski definition) is 8. The van der Waals surface area contributed by atoms with Crippen LogP contribution in [0.15, 0.2) is 24.3 Å². The summed E-state index contributed by atoms with van der Waals surface area (Å²) in [5.41, 5.74) is 2.07. The topological polar surface area (TPSA) is 81.1 Å². The fourth-order valence-electron chi connectivity index (χ4n) is 2.78. The highest BCUT2D eigenvalue weighted by Gasteiger charge is 2.15. The maximum atomic E-state index is 12.6. The van der Waals surface area contributed by atoms with Crippen LogP contribution in [-0.4, -0.2) is 63.9 Å². The number of carbonyl (C=O) groups is 1. The van der Waals surface area contributed by atoms with E-state index in [9.17, 15) is 4.79 Å². The summed E-state index contributed by atoms with van der Waals surface area (Å²) in [6, 6.07) is 7.49. The van der Waals surface area contributed by atoms with Crippen LogP contribution in [0.4, 0.5) is 0 Å². The molecule has 0 N–H and O–H groups in total. The first-order valence-electron chi connectivity index (χ1n) is 9.36. The number of aryl methyl sites for hydroxylation is 1. The van der Waals surface area contributed by atoms with Crippen LogP contribution in [0.1, 0.15) is 13.4 Å². The molecular formula is C18H19N5O2S. The zero-order valence-corrected chi connectivity index (χ0v) is 15.1. The van der Waals surface area contributed by atoms with E-state index in [0.717, 1.165) is 21.0 Å². The van der Waals surface area contributed by atoms with Crippen LogP contribution in [-0.2, 0) is 16.0 Å². The molecule has 0 unspecified atom stereocenters. The number of fused-ring (bicyclic) bond motifs is 1. The first-order chi connectivity index (χ1) is 13.4. The third kappa shape index (κ3) is 3.92. The van der Waals surface area contributed by atoms with Gasteiger partial charge in [-0.15, -0.1) is 10.2 Å². The number of ketones is 1. The van der Waals surface area contributed by atoms with Crippen molar-refractivity contribution in [1.82, 2.24) is 25.3 Å². The van der Waals surface area contributed by atoms with Gasteiger partial charge in [-0.25, -0.2) is 0 Å². The predicted molar refractivity (Wildman–Crippen MR) is 99.1 cm³/mol. The molecule has 26 heavy (non-hydrogen) atoms. The predicted octanol–water partition coefficient (Wildman–Crippen LogP) is 1.90. The van der Waals surface area contributed by atoms with Crippen LogP contribution < -0.4 is 0 Å². The van der Waals surface area contributed by atoms with Gasteiger partial charge >= 0.3 is 0 Å². The van der Waals surface area contributed by atoms with Gasteiger partial charge in [-0.2, -0.15) is 10.2 Å². The van der Waals surface area contributed by atoms with Crippen LogP contribution in [0.3, 0.4) is 0 Å². The number of carbonyl (C=O) groups excluding carboxylic acids is 1. The van der Waals surface area contributed by atoms with E-state index in [1.165, 1.54) is 16.2 Å². The fourth-order valence-corrected chi connectivity index (χ4v) is 3.46. The van der Waals surface area contributed by atoms with E-state index in [-0.39, 0.29) is 6.42 Å². The number of aromatic nitrogens is 4. The Morgan fingerprint density at radius 3 is 2.85 bits per heavy atom. The number of Topliss-reactive ketones (excluding diaryl/α,β-unsaturated/α-hetero) is 1. The summed E-state index contributed by atoms with van der Waals surface area (Å²) < 4.78 is 21.7. The second-order valence-electron chi connectivity index (χ2n) is 6.05. The van der Waals surface area contributed by atoms with Gasteiger partial charge in [0.1, 0.15) is 10.0 Å². The quantitative estimate of drug-likeness (QED) is 0.677. The van der Waals surface area contributed by atoms with Gasteiger partial charge in [0.25, 0.3) is 0 Å². The summed E-state index contributed by atoms with van der Waals surface area (Å²) in [7, 11) is 0. The van der Waals surface area contributed by atoms with E-state index in [0.29, 0.717) is 37.5 Å². The summed E-state index contributed by atoms with van der Waals surface area (Å²) in [6.45, 7) is 1.50. The molecule has 3 aromatic rings. The van der Waals surface area contributed by atoms with Gasteiger partial charge in [-0.05, 0) is 31.2 Å². The maximum Gasteiger partial charge on any atom is 0.152 e. The minimum Gasteiger partial charge on any atom is -0.379 e. The third-order valence-electron chi connectivity index (χ3n) is 4.04. The van der Waals surface area contributed by atoms with Crippen molar-refractivity contribution in [3.63, 3.8) is 0 Å². The van der Waals surface area contributed by atoms with Crippen molar-refractivity contribution in [3.05, 3.63) is 35.0 Å². The average Bonchev–Trinajstić information content (AvgIpc) is 3.14. The minimum absolute atomic E-state index is 0.116. The van der Waals surface area contributed by atoms with E-state index >= 15 is 0 Å². The maximum absolute atomic E-state index is 12.6. The number of rotatable bonds is 5. The normalized spacial score (nSPS) is 17.1. The highest BCUT2D eigenvalue weighted by atomic mass is 32.1. The Kier molecular flexibility index (Phi) is 4.29. The number of ether oxygens (including phenoxy) is 1. The van der Waals surface area contributed by atoms with Gasteiger partial charge < -0.3 is 4.74 Å². The molecule has 4 rings (SSSR count). The summed E-state index contributed by atoms with van der Waals surface area (Å²) >= 11 is 1.51. The molecule has 134 valence electrons. The SMILES string of the molecule is [2H]C([2H])(C(=O)Cc1cc2cc(-c3nnc(C)s3)ccc2nn1)N1CCOCC1. The monoisotopic (exact) mass is 371 g/mol. The second kappa shape index (κ2) is 7.53. The van der Waals surface area contributed by atoms with Gasteiger partial charge in [0.05, 0.1) is 40.1 Å². The fraction of sp³-hybridized carbons (Fsp3) is 0.389. The third-order valence-corrected chi connectivity index (χ3v) is 4.93. The van der Waals surface area contributed by atoms with Crippen LogP contribution in [0.25, 0.3) is 21.5 Å². The summed E-state index contributed by atoms with van der Waals surface area (Å²) in [5, 5.41) is 19.0. The van der Waals surface area contributed by atoms with Gasteiger partial charge in [0, 0.05) is 24.0 Å². The highest BCUT2D eigenvalue weighted by molar-refractivity contribution is 7.14. The van der Waals surface area contributed by atoms with Crippen LogP contribution in [0.2, 0.25) is 0 Å². The zero-order valence-electron chi connectivity index (χ0n) is 16.3. The number of morpholine rings is 1. The van der Waals surface area contributed by atoms with Crippen molar-refractivity contribution in [2.75, 3.05) is 32.8 Å². The minimum atomic E-state index is -2.05. The molecule has 0 aliphatic carbocycles. The lowest BCUT2D eigenvalue weighted by molar-refractivity contribution is -0.120. The number of nitrogens with zero attached hydrogens (tertiary/aromatic N) is 5. The van der Waals surface area contributed by atoms with Crippen LogP contribution in [0.5, 0.6) is 0 Å². The molecule has 7 nitrogen and oxygen atoms in total. The van der Waals surface area contributed by atoms with Crippen molar-refractivity contribution in [3.8, 4) is 10.6 Å². The smallest absolute Gasteiger partial charge is 0.152 e. The van der Waals surface area contributed by atoms with E-state index in [1.54, 1.807) is 6.07 Å². The highest BCUT2D eigenvalue weighted by Crippen LogP contribution is 2.26. The Morgan fingerprint density at radius 2 is 2.08 bits per heavy atom. The molecule has 0 saturated carbocycles. The molecule has 1 saturated heterocycles. The first-order valence-corrected chi connectivity index (χ1v) is 9.18. The molecule has 0 spiro atoms. The molecular weight excluding hydrogens is 350 g/mol. The van der Waals surface area contributed by atoms with E-state index in [4.69, 9.17) is 7.48 Å². The molecule has 2 aromatic heterocycles. The Labute approximate surface area is 157 Å². The van der Waals surface area contributed by atoms with Crippen molar-refractivity contribution in [1.29, 1.82) is 0 Å². The zero-order chi connectivity index (χ0) is 19.7. The second-order valence-corrected chi connectivity index (χ2v) is 7.23. The van der Waals surface area contributed by atoms with Gasteiger partial charge in [-0.1, -0.05) is 11.3 Å². The lowest BCUT2D eigenvalue weighted by atomic mass is 10.1. The largest absolute Gasteiger partial charge is 0.379 e. The first kappa shape index (κ1) is 14.8. The van der Waals surface area contributed by atoms with E-state index in [2.05, 4.69) is 20.4 Å². The standard InChI is InChI=1S/C18H19N5O2S/c1-12-19-22-18(26-12)13-2-3-17-14(8-13)9-15(20-21-17)10-16(24)11-23-4-6-25-7-5-23/h2-3,8-9H,4-7,10-11H2,1H3/i11D2. The molecule has 1 aliphatic heterocycles. The Hall–Kier alpha value is -2.29. The van der Waals surface area contributed by atoms with Gasteiger partial charge in [-0.3, -0.25) is 9.69 Å². The molecule has 1 aliphatic rings. The van der Waals surface area contributed by atoms with Crippen molar-refractivity contribution in [2.24, 2.45) is 0 Å². The van der Waals surface area contributed by atoms with E-state index in [1.807, 2.05) is 25.1 Å². The van der Waals surface area contributed by atoms with Crippen molar-refractivity contribution < 1.29 is 12.3 Å². The Bertz CT molecular complexity index is 1020. The molecule has 0 amide bonds. The molecule has 8 heteroatoms. The lowest BCUT2D eigenvalue weighted by Crippen LogP contribution is -2.40. The van der Waals surface area contributed by atoms with Crippen LogP contribution in [0, 0.1) is 6.92 Å². The van der Waals surface area contributed by atoms with Gasteiger partial charge in [0.15, 0.2) is 5.78 Å². The molecule has 3 heterocycles. The molecule has 0 atom stereocenters. The molecule has 1 aromatic carbocycles.